The van der Waals surface area contributed by atoms with E-state index in [-0.39, 0.29) is 0 Å². The molecule has 0 aliphatic carbocycles. The molecule has 0 aromatic heterocycles. The van der Waals surface area contributed by atoms with Crippen LogP contribution in [0.1, 0.15) is 33.6 Å². The van der Waals surface area contributed by atoms with Crippen LogP contribution in [-0.4, -0.2) is 50.3 Å². The maximum absolute atomic E-state index is 5.40. The third-order valence-corrected chi connectivity index (χ3v) is 4.49. The number of ether oxygens (including phenoxy) is 1. The van der Waals surface area contributed by atoms with Gasteiger partial charge in [-0.3, -0.25) is 0 Å². The van der Waals surface area contributed by atoms with Crippen molar-refractivity contribution in [2.24, 2.45) is 11.3 Å². The van der Waals surface area contributed by atoms with Crippen LogP contribution in [0.15, 0.2) is 0 Å². The summed E-state index contributed by atoms with van der Waals surface area (Å²) in [6.07, 6.45) is 2.97. The lowest BCUT2D eigenvalue weighted by Crippen LogP contribution is -2.37. The summed E-state index contributed by atoms with van der Waals surface area (Å²) in [4.78, 5) is 2.63. The van der Waals surface area contributed by atoms with Gasteiger partial charge in [0.1, 0.15) is 0 Å². The molecule has 100 valence electrons. The molecule has 0 amide bonds. The Morgan fingerprint density at radius 1 is 1.35 bits per heavy atom. The lowest BCUT2D eigenvalue weighted by Gasteiger charge is -2.27. The van der Waals surface area contributed by atoms with Crippen LogP contribution in [0, 0.1) is 11.3 Å². The van der Waals surface area contributed by atoms with Crippen LogP contribution in [-0.2, 0) is 4.74 Å². The fourth-order valence-electron chi connectivity index (χ4n) is 3.12. The first-order valence-corrected chi connectivity index (χ1v) is 6.97. The van der Waals surface area contributed by atoms with E-state index in [9.17, 15) is 0 Å². The van der Waals surface area contributed by atoms with Gasteiger partial charge in [-0.2, -0.15) is 0 Å². The van der Waals surface area contributed by atoms with Crippen molar-refractivity contribution in [1.82, 2.24) is 10.2 Å². The molecule has 17 heavy (non-hydrogen) atoms. The molecule has 0 aromatic rings. The smallest absolute Gasteiger partial charge is 0.0711 e. The first-order valence-electron chi connectivity index (χ1n) is 6.97. The molecule has 2 rings (SSSR count). The molecule has 2 aliphatic rings. The third-order valence-electron chi connectivity index (χ3n) is 4.49. The average molecular weight is 240 g/mol. The first kappa shape index (κ1) is 13.3. The zero-order valence-electron chi connectivity index (χ0n) is 11.8. The third kappa shape index (κ3) is 3.43. The summed E-state index contributed by atoms with van der Waals surface area (Å²) < 4.78 is 5.40. The summed E-state index contributed by atoms with van der Waals surface area (Å²) in [7, 11) is 1.82. The van der Waals surface area contributed by atoms with E-state index in [1.54, 1.807) is 0 Å². The number of nitrogens with zero attached hydrogens (tertiary/aromatic N) is 1. The van der Waals surface area contributed by atoms with Crippen molar-refractivity contribution in [3.8, 4) is 0 Å². The minimum Gasteiger partial charge on any atom is -0.380 e. The summed E-state index contributed by atoms with van der Waals surface area (Å²) in [5.74, 6) is 0.863. The number of hydrogen-bond acceptors (Lipinski definition) is 3. The quantitative estimate of drug-likeness (QED) is 0.813. The molecule has 3 heteroatoms. The maximum atomic E-state index is 5.40. The monoisotopic (exact) mass is 240 g/mol. The summed E-state index contributed by atoms with van der Waals surface area (Å²) >= 11 is 0. The van der Waals surface area contributed by atoms with Crippen molar-refractivity contribution in [2.45, 2.75) is 45.8 Å². The molecule has 2 fully saturated rings. The Balaban J connectivity index is 1.75. The second-order valence-corrected chi connectivity index (χ2v) is 6.81. The van der Waals surface area contributed by atoms with Crippen LogP contribution in [0.5, 0.6) is 0 Å². The van der Waals surface area contributed by atoms with E-state index in [4.69, 9.17) is 4.74 Å². The zero-order chi connectivity index (χ0) is 12.5. The van der Waals surface area contributed by atoms with Crippen molar-refractivity contribution in [3.63, 3.8) is 0 Å². The summed E-state index contributed by atoms with van der Waals surface area (Å²) in [6, 6.07) is 0.638. The van der Waals surface area contributed by atoms with Crippen molar-refractivity contribution in [2.75, 3.05) is 33.3 Å². The summed E-state index contributed by atoms with van der Waals surface area (Å²) in [5.41, 5.74) is 0.465. The Bertz CT molecular complexity index is 249. The Labute approximate surface area is 106 Å². The van der Waals surface area contributed by atoms with E-state index >= 15 is 0 Å². The zero-order valence-corrected chi connectivity index (χ0v) is 11.8. The fraction of sp³-hybridized carbons (Fsp3) is 1.00. The first-order chi connectivity index (χ1) is 7.99. The van der Waals surface area contributed by atoms with E-state index < -0.39 is 0 Å². The molecule has 1 N–H and O–H groups in total. The molecule has 2 heterocycles. The van der Waals surface area contributed by atoms with Crippen molar-refractivity contribution >= 4 is 0 Å². The number of rotatable bonds is 3. The molecule has 3 atom stereocenters. The second kappa shape index (κ2) is 5.25. The number of likely N-dealkylation sites (tertiary alicyclic amines) is 1. The van der Waals surface area contributed by atoms with Crippen LogP contribution in [0.25, 0.3) is 0 Å². The number of nitrogens with one attached hydrogen (secondary N) is 1. The van der Waals surface area contributed by atoms with Crippen LogP contribution >= 0.6 is 0 Å². The summed E-state index contributed by atoms with van der Waals surface area (Å²) in [5, 5.41) is 3.57. The molecule has 0 radical (unpaired) electrons. The van der Waals surface area contributed by atoms with Gasteiger partial charge in [-0.15, -0.1) is 0 Å². The highest BCUT2D eigenvalue weighted by molar-refractivity contribution is 4.89. The van der Waals surface area contributed by atoms with Gasteiger partial charge in [0.2, 0.25) is 0 Å². The number of methoxy groups -OCH3 is 1. The minimum atomic E-state index is 0.431. The van der Waals surface area contributed by atoms with E-state index in [0.717, 1.165) is 12.5 Å². The van der Waals surface area contributed by atoms with Gasteiger partial charge in [0, 0.05) is 32.8 Å². The molecule has 2 saturated heterocycles. The molecule has 0 saturated carbocycles. The Morgan fingerprint density at radius 2 is 2.12 bits per heavy atom. The Hall–Kier alpha value is -0.120. The van der Waals surface area contributed by atoms with Crippen molar-refractivity contribution < 1.29 is 4.74 Å². The largest absolute Gasteiger partial charge is 0.380 e. The van der Waals surface area contributed by atoms with Crippen LogP contribution < -0.4 is 5.32 Å². The number of hydrogen-bond donors (Lipinski definition) is 1. The van der Waals surface area contributed by atoms with Crippen LogP contribution in [0.4, 0.5) is 0 Å². The molecule has 0 aromatic carbocycles. The van der Waals surface area contributed by atoms with Gasteiger partial charge >= 0.3 is 0 Å². The van der Waals surface area contributed by atoms with E-state index in [0.29, 0.717) is 17.6 Å². The molecule has 2 aliphatic heterocycles. The van der Waals surface area contributed by atoms with Crippen molar-refractivity contribution in [1.29, 1.82) is 0 Å². The standard InChI is InChI=1S/C14H28N2O/c1-14(2,3)11-5-6-16(9-11)10-12-7-13(17-4)8-15-12/h11-13,15H,5-10H2,1-4H3. The molecule has 3 nitrogen and oxygen atoms in total. The molecule has 0 spiro atoms. The normalized spacial score (nSPS) is 35.6. The van der Waals surface area contributed by atoms with Gasteiger partial charge in [-0.1, -0.05) is 20.8 Å². The average Bonchev–Trinajstić information content (AvgIpc) is 2.86. The predicted octanol–water partition coefficient (Wildman–Crippen LogP) is 1.73. The highest BCUT2D eigenvalue weighted by Gasteiger charge is 2.33. The van der Waals surface area contributed by atoms with Crippen molar-refractivity contribution in [3.05, 3.63) is 0 Å². The van der Waals surface area contributed by atoms with E-state index in [1.165, 1.54) is 32.5 Å². The van der Waals surface area contributed by atoms with Gasteiger partial charge in [0.25, 0.3) is 0 Å². The topological polar surface area (TPSA) is 24.5 Å². The molecular formula is C14H28N2O. The highest BCUT2D eigenvalue weighted by Crippen LogP contribution is 2.33. The second-order valence-electron chi connectivity index (χ2n) is 6.81. The van der Waals surface area contributed by atoms with Crippen LogP contribution in [0.2, 0.25) is 0 Å². The van der Waals surface area contributed by atoms with E-state index in [2.05, 4.69) is 31.0 Å². The molecular weight excluding hydrogens is 212 g/mol. The Morgan fingerprint density at radius 3 is 2.65 bits per heavy atom. The van der Waals surface area contributed by atoms with Gasteiger partial charge in [0.15, 0.2) is 0 Å². The SMILES string of the molecule is COC1CNC(CN2CCC(C(C)(C)C)C2)C1. The van der Waals surface area contributed by atoms with Gasteiger partial charge < -0.3 is 15.0 Å². The fourth-order valence-corrected chi connectivity index (χ4v) is 3.12. The Kier molecular flexibility index (Phi) is 4.11. The maximum Gasteiger partial charge on any atom is 0.0711 e. The summed E-state index contributed by atoms with van der Waals surface area (Å²) in [6.45, 7) is 11.9. The van der Waals surface area contributed by atoms with Gasteiger partial charge in [-0.25, -0.2) is 0 Å². The molecule has 0 bridgehead atoms. The minimum absolute atomic E-state index is 0.431. The van der Waals surface area contributed by atoms with E-state index in [1.807, 2.05) is 7.11 Å². The predicted molar refractivity (Wildman–Crippen MR) is 71.2 cm³/mol. The lowest BCUT2D eigenvalue weighted by molar-refractivity contribution is 0.115. The van der Waals surface area contributed by atoms with Gasteiger partial charge in [-0.05, 0) is 30.7 Å². The highest BCUT2D eigenvalue weighted by atomic mass is 16.5. The van der Waals surface area contributed by atoms with Gasteiger partial charge in [0.05, 0.1) is 6.10 Å². The van der Waals surface area contributed by atoms with Crippen LogP contribution in [0.3, 0.4) is 0 Å². The lowest BCUT2D eigenvalue weighted by atomic mass is 9.80. The molecule has 3 unspecified atom stereocenters.